The van der Waals surface area contributed by atoms with Gasteiger partial charge in [0, 0.05) is 5.69 Å². The van der Waals surface area contributed by atoms with Gasteiger partial charge in [-0.2, -0.15) is 0 Å². The number of thiazole rings is 1. The van der Waals surface area contributed by atoms with E-state index in [0.29, 0.717) is 6.54 Å². The Morgan fingerprint density at radius 1 is 1.05 bits per heavy atom. The SMILES string of the molecule is O=C(NCc1nc2ccccc2s1)Nc1ccccc1. The third kappa shape index (κ3) is 2.95. The molecule has 1 aromatic heterocycles. The molecule has 0 atom stereocenters. The third-order valence-electron chi connectivity index (χ3n) is 2.77. The van der Waals surface area contributed by atoms with Crippen molar-refractivity contribution in [1.29, 1.82) is 0 Å². The van der Waals surface area contributed by atoms with Crippen LogP contribution in [0.5, 0.6) is 0 Å². The number of benzene rings is 2. The lowest BCUT2D eigenvalue weighted by molar-refractivity contribution is 0.251. The average molecular weight is 283 g/mol. The second-order valence-electron chi connectivity index (χ2n) is 4.25. The minimum atomic E-state index is -0.226. The number of aromatic nitrogens is 1. The zero-order chi connectivity index (χ0) is 13.8. The van der Waals surface area contributed by atoms with Gasteiger partial charge in [0.25, 0.3) is 0 Å². The summed E-state index contributed by atoms with van der Waals surface area (Å²) in [6.07, 6.45) is 0. The van der Waals surface area contributed by atoms with Crippen molar-refractivity contribution in [2.45, 2.75) is 6.54 Å². The standard InChI is InChI=1S/C15H13N3OS/c19-15(17-11-6-2-1-3-7-11)16-10-14-18-12-8-4-5-9-13(12)20-14/h1-9H,10H2,(H2,16,17,19). The lowest BCUT2D eigenvalue weighted by Crippen LogP contribution is -2.28. The Kier molecular flexibility index (Phi) is 3.60. The molecule has 0 saturated heterocycles. The fourth-order valence-electron chi connectivity index (χ4n) is 1.85. The molecule has 2 aromatic carbocycles. The summed E-state index contributed by atoms with van der Waals surface area (Å²) >= 11 is 1.59. The van der Waals surface area contributed by atoms with Gasteiger partial charge >= 0.3 is 6.03 Å². The van der Waals surface area contributed by atoms with Crippen molar-refractivity contribution in [1.82, 2.24) is 10.3 Å². The second-order valence-corrected chi connectivity index (χ2v) is 5.36. The minimum absolute atomic E-state index is 0.226. The summed E-state index contributed by atoms with van der Waals surface area (Å²) in [7, 11) is 0. The van der Waals surface area contributed by atoms with E-state index in [1.165, 1.54) is 0 Å². The van der Waals surface area contributed by atoms with Crippen LogP contribution in [0.3, 0.4) is 0 Å². The third-order valence-corrected chi connectivity index (χ3v) is 3.81. The number of hydrogen-bond acceptors (Lipinski definition) is 3. The van der Waals surface area contributed by atoms with Gasteiger partial charge in [0.1, 0.15) is 5.01 Å². The summed E-state index contributed by atoms with van der Waals surface area (Å²) in [4.78, 5) is 16.2. The maximum Gasteiger partial charge on any atom is 0.319 e. The molecule has 0 bridgehead atoms. The molecule has 3 rings (SSSR count). The highest BCUT2D eigenvalue weighted by molar-refractivity contribution is 7.18. The Balaban J connectivity index is 1.60. The molecule has 0 radical (unpaired) electrons. The van der Waals surface area contributed by atoms with Gasteiger partial charge in [-0.25, -0.2) is 9.78 Å². The molecule has 0 aliphatic heterocycles. The summed E-state index contributed by atoms with van der Waals surface area (Å²) in [6.45, 7) is 0.429. The van der Waals surface area contributed by atoms with E-state index >= 15 is 0 Å². The number of para-hydroxylation sites is 2. The summed E-state index contributed by atoms with van der Waals surface area (Å²) in [5, 5.41) is 6.48. The van der Waals surface area contributed by atoms with Crippen molar-refractivity contribution < 1.29 is 4.79 Å². The van der Waals surface area contributed by atoms with Crippen molar-refractivity contribution in [2.75, 3.05) is 5.32 Å². The first-order valence-corrected chi connectivity index (χ1v) is 7.07. The van der Waals surface area contributed by atoms with Gasteiger partial charge in [-0.05, 0) is 24.3 Å². The summed E-state index contributed by atoms with van der Waals surface area (Å²) in [6, 6.07) is 17.1. The number of anilines is 1. The van der Waals surface area contributed by atoms with E-state index in [0.717, 1.165) is 20.9 Å². The van der Waals surface area contributed by atoms with E-state index in [4.69, 9.17) is 0 Å². The van der Waals surface area contributed by atoms with Gasteiger partial charge in [0.15, 0.2) is 0 Å². The number of nitrogens with zero attached hydrogens (tertiary/aromatic N) is 1. The Bertz CT molecular complexity index is 691. The molecule has 3 aromatic rings. The van der Waals surface area contributed by atoms with Crippen molar-refractivity contribution in [3.8, 4) is 0 Å². The summed E-state index contributed by atoms with van der Waals surface area (Å²) in [5.41, 5.74) is 1.74. The van der Waals surface area contributed by atoms with Crippen LogP contribution in [-0.2, 0) is 6.54 Å². The van der Waals surface area contributed by atoms with Crippen LogP contribution in [0.2, 0.25) is 0 Å². The van der Waals surface area contributed by atoms with E-state index in [1.807, 2.05) is 54.6 Å². The topological polar surface area (TPSA) is 54.0 Å². The molecule has 4 nitrogen and oxygen atoms in total. The van der Waals surface area contributed by atoms with Gasteiger partial charge in [-0.15, -0.1) is 11.3 Å². The van der Waals surface area contributed by atoms with E-state index in [1.54, 1.807) is 11.3 Å². The number of amides is 2. The molecule has 0 unspecified atom stereocenters. The molecule has 0 aliphatic rings. The Labute approximate surface area is 120 Å². The van der Waals surface area contributed by atoms with Crippen LogP contribution in [0, 0.1) is 0 Å². The maximum absolute atomic E-state index is 11.8. The number of nitrogens with one attached hydrogen (secondary N) is 2. The van der Waals surface area contributed by atoms with Crippen LogP contribution in [0.15, 0.2) is 54.6 Å². The predicted molar refractivity (Wildman–Crippen MR) is 81.9 cm³/mol. The van der Waals surface area contributed by atoms with Crippen LogP contribution < -0.4 is 10.6 Å². The zero-order valence-corrected chi connectivity index (χ0v) is 11.5. The number of hydrogen-bond donors (Lipinski definition) is 2. The molecule has 20 heavy (non-hydrogen) atoms. The highest BCUT2D eigenvalue weighted by atomic mass is 32.1. The normalized spacial score (nSPS) is 10.4. The quantitative estimate of drug-likeness (QED) is 0.771. The maximum atomic E-state index is 11.8. The monoisotopic (exact) mass is 283 g/mol. The first kappa shape index (κ1) is 12.6. The van der Waals surface area contributed by atoms with Gasteiger partial charge in [-0.3, -0.25) is 0 Å². The fourth-order valence-corrected chi connectivity index (χ4v) is 2.76. The number of urea groups is 1. The van der Waals surface area contributed by atoms with Crippen LogP contribution >= 0.6 is 11.3 Å². The number of carbonyl (C=O) groups is 1. The molecular formula is C15H13N3OS. The fraction of sp³-hybridized carbons (Fsp3) is 0.0667. The van der Waals surface area contributed by atoms with Gasteiger partial charge in [0.2, 0.25) is 0 Å². The van der Waals surface area contributed by atoms with Crippen LogP contribution in [0.4, 0.5) is 10.5 Å². The number of rotatable bonds is 3. The highest BCUT2D eigenvalue weighted by Gasteiger charge is 2.05. The lowest BCUT2D eigenvalue weighted by atomic mass is 10.3. The molecule has 0 spiro atoms. The molecule has 2 N–H and O–H groups in total. The molecule has 100 valence electrons. The van der Waals surface area contributed by atoms with Crippen molar-refractivity contribution in [2.24, 2.45) is 0 Å². The molecule has 1 heterocycles. The predicted octanol–water partition coefficient (Wildman–Crippen LogP) is 3.62. The van der Waals surface area contributed by atoms with E-state index in [-0.39, 0.29) is 6.03 Å². The molecule has 5 heteroatoms. The molecular weight excluding hydrogens is 270 g/mol. The average Bonchev–Trinajstić information content (AvgIpc) is 2.89. The van der Waals surface area contributed by atoms with Crippen molar-refractivity contribution >= 4 is 33.3 Å². The van der Waals surface area contributed by atoms with Gasteiger partial charge < -0.3 is 10.6 Å². The molecule has 0 saturated carbocycles. The van der Waals surface area contributed by atoms with E-state index in [2.05, 4.69) is 15.6 Å². The lowest BCUT2D eigenvalue weighted by Gasteiger charge is -2.05. The van der Waals surface area contributed by atoms with E-state index < -0.39 is 0 Å². The van der Waals surface area contributed by atoms with Gasteiger partial charge in [-0.1, -0.05) is 30.3 Å². The van der Waals surface area contributed by atoms with Crippen LogP contribution in [0.25, 0.3) is 10.2 Å². The Hall–Kier alpha value is -2.40. The summed E-state index contributed by atoms with van der Waals surface area (Å²) < 4.78 is 1.13. The second kappa shape index (κ2) is 5.71. The Morgan fingerprint density at radius 3 is 2.60 bits per heavy atom. The van der Waals surface area contributed by atoms with Gasteiger partial charge in [0.05, 0.1) is 16.8 Å². The zero-order valence-electron chi connectivity index (χ0n) is 10.7. The molecule has 0 aliphatic carbocycles. The van der Waals surface area contributed by atoms with Crippen molar-refractivity contribution in [3.63, 3.8) is 0 Å². The first-order valence-electron chi connectivity index (χ1n) is 6.25. The van der Waals surface area contributed by atoms with Crippen LogP contribution in [0.1, 0.15) is 5.01 Å². The van der Waals surface area contributed by atoms with Crippen LogP contribution in [-0.4, -0.2) is 11.0 Å². The first-order chi connectivity index (χ1) is 9.81. The smallest absolute Gasteiger partial charge is 0.319 e. The number of fused-ring (bicyclic) bond motifs is 1. The van der Waals surface area contributed by atoms with E-state index in [9.17, 15) is 4.79 Å². The molecule has 2 amide bonds. The largest absolute Gasteiger partial charge is 0.331 e. The van der Waals surface area contributed by atoms with Crippen molar-refractivity contribution in [3.05, 3.63) is 59.6 Å². The highest BCUT2D eigenvalue weighted by Crippen LogP contribution is 2.21. The molecule has 0 fully saturated rings. The minimum Gasteiger partial charge on any atom is -0.331 e. The summed E-state index contributed by atoms with van der Waals surface area (Å²) in [5.74, 6) is 0. The Morgan fingerprint density at radius 2 is 1.80 bits per heavy atom. The number of carbonyl (C=O) groups excluding carboxylic acids is 1.